The Morgan fingerprint density at radius 3 is 2.63 bits per heavy atom. The molecule has 2 atom stereocenters. The van der Waals surface area contributed by atoms with E-state index in [1.165, 1.54) is 0 Å². The zero-order chi connectivity index (χ0) is 20.0. The van der Waals surface area contributed by atoms with E-state index in [2.05, 4.69) is 10.6 Å². The van der Waals surface area contributed by atoms with Crippen LogP contribution in [0.2, 0.25) is 0 Å². The smallest absolute Gasteiger partial charge is 0.378 e. The first-order chi connectivity index (χ1) is 12.9. The van der Waals surface area contributed by atoms with Crippen molar-refractivity contribution in [1.29, 1.82) is 5.26 Å². The second-order valence-electron chi connectivity index (χ2n) is 6.09. The highest BCUT2D eigenvalue weighted by Crippen LogP contribution is 2.39. The Morgan fingerprint density at radius 1 is 1.26 bits per heavy atom. The normalized spacial score (nSPS) is 20.3. The molecule has 3 nitrogen and oxygen atoms in total. The molecule has 0 amide bonds. The maximum atomic E-state index is 14.3. The Balaban J connectivity index is 0.00000126. The first-order valence-electron chi connectivity index (χ1n) is 9.01. The fraction of sp³-hybridized carbons (Fsp3) is 0.526. The topological polar surface area (TPSA) is 47.9 Å². The maximum Gasteiger partial charge on any atom is 0.393 e. The number of hydrogen-bond donors (Lipinski definition) is 2. The van der Waals surface area contributed by atoms with Crippen molar-refractivity contribution in [3.05, 3.63) is 28.6 Å². The molecule has 0 bridgehead atoms. The van der Waals surface area contributed by atoms with Crippen molar-refractivity contribution in [3.63, 3.8) is 0 Å². The van der Waals surface area contributed by atoms with Crippen molar-refractivity contribution < 1.29 is 17.6 Å². The van der Waals surface area contributed by atoms with Crippen LogP contribution in [0.4, 0.5) is 23.2 Å². The van der Waals surface area contributed by atoms with E-state index in [0.29, 0.717) is 41.7 Å². The van der Waals surface area contributed by atoms with Crippen LogP contribution in [0, 0.1) is 11.3 Å². The van der Waals surface area contributed by atoms with Gasteiger partial charge < -0.3 is 10.6 Å². The summed E-state index contributed by atoms with van der Waals surface area (Å²) < 4.78 is 53.4. The molecule has 27 heavy (non-hydrogen) atoms. The molecule has 0 saturated carbocycles. The maximum absolute atomic E-state index is 14.3. The first-order valence-corrected chi connectivity index (χ1v) is 9.83. The van der Waals surface area contributed by atoms with Crippen LogP contribution in [0.25, 0.3) is 10.1 Å². The van der Waals surface area contributed by atoms with Gasteiger partial charge in [0.15, 0.2) is 0 Å². The molecule has 1 fully saturated rings. The molecule has 2 N–H and O–H groups in total. The molecule has 0 aliphatic carbocycles. The summed E-state index contributed by atoms with van der Waals surface area (Å²) in [5.41, 5.74) is 0.583. The minimum atomic E-state index is -4.39. The van der Waals surface area contributed by atoms with Crippen LogP contribution >= 0.6 is 11.3 Å². The Labute approximate surface area is 160 Å². The first kappa shape index (κ1) is 21.5. The van der Waals surface area contributed by atoms with Crippen molar-refractivity contribution in [1.82, 2.24) is 5.32 Å². The van der Waals surface area contributed by atoms with Gasteiger partial charge in [0.2, 0.25) is 0 Å². The van der Waals surface area contributed by atoms with Gasteiger partial charge in [-0.3, -0.25) is 0 Å². The number of benzene rings is 1. The Hall–Kier alpha value is -1.85. The SMILES string of the molecule is CC.N#Cc1sc2c(NC3CCNCCC3F)cccc2c1CC(F)(F)F. The van der Waals surface area contributed by atoms with Gasteiger partial charge in [0.05, 0.1) is 22.8 Å². The molecule has 1 aliphatic rings. The van der Waals surface area contributed by atoms with Crippen LogP contribution in [-0.2, 0) is 6.42 Å². The molecular weight excluding hydrogens is 378 g/mol. The summed E-state index contributed by atoms with van der Waals surface area (Å²) in [4.78, 5) is 0.0564. The molecule has 1 aromatic heterocycles. The van der Waals surface area contributed by atoms with Crippen molar-refractivity contribution in [2.75, 3.05) is 18.4 Å². The number of nitriles is 1. The zero-order valence-corrected chi connectivity index (χ0v) is 16.1. The van der Waals surface area contributed by atoms with Crippen LogP contribution in [0.3, 0.4) is 0 Å². The number of halogens is 4. The predicted octanol–water partition coefficient (Wildman–Crippen LogP) is 5.41. The number of nitrogens with one attached hydrogen (secondary N) is 2. The number of alkyl halides is 4. The molecule has 2 heterocycles. The Morgan fingerprint density at radius 2 is 1.96 bits per heavy atom. The molecule has 1 aliphatic heterocycles. The molecule has 0 radical (unpaired) electrons. The summed E-state index contributed by atoms with van der Waals surface area (Å²) in [6, 6.07) is 6.41. The second-order valence-corrected chi connectivity index (χ2v) is 7.11. The number of hydrogen-bond acceptors (Lipinski definition) is 4. The van der Waals surface area contributed by atoms with E-state index in [-0.39, 0.29) is 10.4 Å². The van der Waals surface area contributed by atoms with E-state index in [4.69, 9.17) is 0 Å². The highest BCUT2D eigenvalue weighted by Gasteiger charge is 2.32. The number of nitrogens with zero attached hydrogens (tertiary/aromatic N) is 1. The Bertz CT molecular complexity index is 795. The van der Waals surface area contributed by atoms with E-state index < -0.39 is 24.8 Å². The number of rotatable bonds is 3. The quantitative estimate of drug-likeness (QED) is 0.677. The third-order valence-electron chi connectivity index (χ3n) is 4.30. The van der Waals surface area contributed by atoms with Gasteiger partial charge in [-0.25, -0.2) is 4.39 Å². The highest BCUT2D eigenvalue weighted by molar-refractivity contribution is 7.20. The van der Waals surface area contributed by atoms with Crippen molar-refractivity contribution in [2.24, 2.45) is 0 Å². The summed E-state index contributed by atoms with van der Waals surface area (Å²) >= 11 is 1.02. The van der Waals surface area contributed by atoms with Gasteiger partial charge in [-0.05, 0) is 42.9 Å². The number of thiophene rings is 1. The summed E-state index contributed by atoms with van der Waals surface area (Å²) in [6.07, 6.45) is -5.58. The van der Waals surface area contributed by atoms with E-state index >= 15 is 0 Å². The largest absolute Gasteiger partial charge is 0.393 e. The summed E-state index contributed by atoms with van der Waals surface area (Å²) in [5.74, 6) is 0. The number of anilines is 1. The molecule has 2 unspecified atom stereocenters. The lowest BCUT2D eigenvalue weighted by molar-refractivity contribution is -0.126. The summed E-state index contributed by atoms with van der Waals surface area (Å²) in [6.45, 7) is 5.29. The fourth-order valence-corrected chi connectivity index (χ4v) is 4.21. The van der Waals surface area contributed by atoms with Crippen molar-refractivity contribution in [3.8, 4) is 6.07 Å². The third kappa shape index (κ3) is 5.33. The molecule has 8 heteroatoms. The lowest BCUT2D eigenvalue weighted by atomic mass is 10.0. The van der Waals surface area contributed by atoms with Gasteiger partial charge in [-0.1, -0.05) is 26.0 Å². The highest BCUT2D eigenvalue weighted by atomic mass is 32.1. The van der Waals surface area contributed by atoms with Gasteiger partial charge in [0.1, 0.15) is 17.1 Å². The van der Waals surface area contributed by atoms with Crippen LogP contribution in [0.15, 0.2) is 18.2 Å². The fourth-order valence-electron chi connectivity index (χ4n) is 3.12. The third-order valence-corrected chi connectivity index (χ3v) is 5.49. The Kier molecular flexibility index (Phi) is 7.45. The molecular formula is C19H23F4N3S. The van der Waals surface area contributed by atoms with E-state index in [0.717, 1.165) is 11.3 Å². The molecule has 1 saturated heterocycles. The predicted molar refractivity (Wildman–Crippen MR) is 102 cm³/mol. The average molecular weight is 401 g/mol. The molecule has 0 spiro atoms. The van der Waals surface area contributed by atoms with Gasteiger partial charge in [0.25, 0.3) is 0 Å². The molecule has 1 aromatic carbocycles. The van der Waals surface area contributed by atoms with Gasteiger partial charge >= 0.3 is 6.18 Å². The van der Waals surface area contributed by atoms with Gasteiger partial charge in [0, 0.05) is 0 Å². The monoisotopic (exact) mass is 401 g/mol. The van der Waals surface area contributed by atoms with Gasteiger partial charge in [-0.15, -0.1) is 11.3 Å². The van der Waals surface area contributed by atoms with Crippen LogP contribution in [0.1, 0.15) is 37.1 Å². The van der Waals surface area contributed by atoms with Gasteiger partial charge in [-0.2, -0.15) is 18.4 Å². The van der Waals surface area contributed by atoms with E-state index in [1.807, 2.05) is 19.9 Å². The molecule has 2 aromatic rings. The van der Waals surface area contributed by atoms with E-state index in [9.17, 15) is 22.8 Å². The van der Waals surface area contributed by atoms with Crippen LogP contribution < -0.4 is 10.6 Å². The standard InChI is InChI=1S/C17H17F4N3S.C2H6/c18-12-4-6-23-7-5-13(12)24-14-3-1-2-10-11(8-17(19,20)21)15(9-22)25-16(10)14;1-2/h1-3,12-13,23-24H,4-8H2;1-2H3. The minimum Gasteiger partial charge on any atom is -0.378 e. The lowest BCUT2D eigenvalue weighted by Gasteiger charge is -2.21. The lowest BCUT2D eigenvalue weighted by Crippen LogP contribution is -2.30. The summed E-state index contributed by atoms with van der Waals surface area (Å²) in [5, 5.41) is 15.9. The molecule has 148 valence electrons. The zero-order valence-electron chi connectivity index (χ0n) is 15.3. The van der Waals surface area contributed by atoms with Crippen LogP contribution in [-0.4, -0.2) is 31.5 Å². The summed E-state index contributed by atoms with van der Waals surface area (Å²) in [7, 11) is 0. The van der Waals surface area contributed by atoms with Crippen molar-refractivity contribution in [2.45, 2.75) is 51.5 Å². The minimum absolute atomic E-state index is 0.00187. The van der Waals surface area contributed by atoms with E-state index in [1.54, 1.807) is 18.2 Å². The van der Waals surface area contributed by atoms with Crippen molar-refractivity contribution >= 4 is 27.1 Å². The van der Waals surface area contributed by atoms with Crippen LogP contribution in [0.5, 0.6) is 0 Å². The average Bonchev–Trinajstić information content (AvgIpc) is 2.85. The number of fused-ring (bicyclic) bond motifs is 1. The second kappa shape index (κ2) is 9.38. The molecule has 3 rings (SSSR count).